The number of alkyl carbamates (subject to hydrolysis) is 1. The van der Waals surface area contributed by atoms with Gasteiger partial charge in [-0.3, -0.25) is 14.4 Å². The van der Waals surface area contributed by atoms with E-state index in [9.17, 15) is 28.8 Å². The van der Waals surface area contributed by atoms with Crippen LogP contribution in [0.15, 0.2) is 0 Å². The number of hydrogen-bond donors (Lipinski definition) is 2. The molecule has 12 heteroatoms. The van der Waals surface area contributed by atoms with E-state index in [-0.39, 0.29) is 31.6 Å². The zero-order chi connectivity index (χ0) is 29.6. The summed E-state index contributed by atoms with van der Waals surface area (Å²) in [6.07, 6.45) is 3.78. The molecule has 0 radical (unpaired) electrons. The van der Waals surface area contributed by atoms with Gasteiger partial charge in [0.15, 0.2) is 0 Å². The van der Waals surface area contributed by atoms with Gasteiger partial charge in [0, 0.05) is 32.2 Å². The van der Waals surface area contributed by atoms with Crippen LogP contribution in [0.25, 0.3) is 0 Å². The molecule has 12 nitrogen and oxygen atoms in total. The van der Waals surface area contributed by atoms with Crippen LogP contribution in [0.5, 0.6) is 0 Å². The first-order valence-electron chi connectivity index (χ1n) is 13.6. The number of nitrogens with zero attached hydrogens (tertiary/aromatic N) is 1. The number of imide groups is 1. The molecule has 0 aromatic heterocycles. The van der Waals surface area contributed by atoms with Crippen LogP contribution in [0.3, 0.4) is 0 Å². The highest BCUT2D eigenvalue weighted by Crippen LogP contribution is 2.15. The largest absolute Gasteiger partial charge is 0.458 e. The molecule has 1 aliphatic rings. The summed E-state index contributed by atoms with van der Waals surface area (Å²) in [4.78, 5) is 76.5. The molecule has 39 heavy (non-hydrogen) atoms. The molecule has 1 heterocycles. The molecule has 0 aromatic rings. The molecular weight excluding hydrogens is 510 g/mol. The van der Waals surface area contributed by atoms with Gasteiger partial charge in [0.05, 0.1) is 0 Å². The maximum atomic E-state index is 12.7. The first-order valence-corrected chi connectivity index (χ1v) is 13.6. The van der Waals surface area contributed by atoms with E-state index >= 15 is 0 Å². The van der Waals surface area contributed by atoms with E-state index < -0.39 is 47.1 Å². The van der Waals surface area contributed by atoms with Crippen LogP contribution in [0, 0.1) is 0 Å². The third-order valence-corrected chi connectivity index (χ3v) is 5.35. The SMILES string of the molecule is CC(C)(C)OC(=O)NCCCC[C@H](NC(=O)CCCCCCC(=O)ON1C(=O)CCC1=O)C(=O)OC(C)(C)C. The van der Waals surface area contributed by atoms with Gasteiger partial charge in [-0.05, 0) is 73.6 Å². The molecule has 0 aromatic carbocycles. The Morgan fingerprint density at radius 2 is 1.36 bits per heavy atom. The second-order valence-electron chi connectivity index (χ2n) is 11.5. The minimum atomic E-state index is -0.802. The number of unbranched alkanes of at least 4 members (excludes halogenated alkanes) is 4. The second-order valence-corrected chi connectivity index (χ2v) is 11.5. The quantitative estimate of drug-likeness (QED) is 0.175. The summed E-state index contributed by atoms with van der Waals surface area (Å²) in [6.45, 7) is 11.0. The normalized spacial score (nSPS) is 14.6. The van der Waals surface area contributed by atoms with Crippen molar-refractivity contribution in [2.75, 3.05) is 6.54 Å². The molecule has 1 atom stereocenters. The predicted octanol–water partition coefficient (Wildman–Crippen LogP) is 3.46. The van der Waals surface area contributed by atoms with Gasteiger partial charge in [0.2, 0.25) is 5.91 Å². The second kappa shape index (κ2) is 16.0. The lowest BCUT2D eigenvalue weighted by Gasteiger charge is -2.24. The van der Waals surface area contributed by atoms with Crippen molar-refractivity contribution in [1.29, 1.82) is 0 Å². The third-order valence-electron chi connectivity index (χ3n) is 5.35. The monoisotopic (exact) mass is 555 g/mol. The van der Waals surface area contributed by atoms with Gasteiger partial charge in [-0.25, -0.2) is 14.4 Å². The molecule has 1 saturated heterocycles. The van der Waals surface area contributed by atoms with E-state index in [0.717, 1.165) is 0 Å². The Morgan fingerprint density at radius 3 is 1.92 bits per heavy atom. The fourth-order valence-corrected chi connectivity index (χ4v) is 3.58. The van der Waals surface area contributed by atoms with Crippen LogP contribution in [-0.2, 0) is 38.3 Å². The fraction of sp³-hybridized carbons (Fsp3) is 0.778. The summed E-state index contributed by atoms with van der Waals surface area (Å²) in [7, 11) is 0. The maximum Gasteiger partial charge on any atom is 0.407 e. The van der Waals surface area contributed by atoms with E-state index in [4.69, 9.17) is 14.3 Å². The van der Waals surface area contributed by atoms with Crippen molar-refractivity contribution in [1.82, 2.24) is 15.7 Å². The van der Waals surface area contributed by atoms with E-state index in [1.807, 2.05) is 0 Å². The molecule has 4 amide bonds. The minimum Gasteiger partial charge on any atom is -0.458 e. The van der Waals surface area contributed by atoms with Gasteiger partial charge in [-0.1, -0.05) is 12.8 Å². The van der Waals surface area contributed by atoms with Gasteiger partial charge < -0.3 is 24.9 Å². The van der Waals surface area contributed by atoms with Gasteiger partial charge >= 0.3 is 18.0 Å². The third kappa shape index (κ3) is 15.7. The summed E-state index contributed by atoms with van der Waals surface area (Å²) in [5.74, 6) is -2.45. The zero-order valence-corrected chi connectivity index (χ0v) is 24.2. The van der Waals surface area contributed by atoms with Crippen LogP contribution >= 0.6 is 0 Å². The maximum absolute atomic E-state index is 12.7. The molecule has 1 aliphatic heterocycles. The van der Waals surface area contributed by atoms with Crippen molar-refractivity contribution in [2.24, 2.45) is 0 Å². The summed E-state index contributed by atoms with van der Waals surface area (Å²) in [5.41, 5.74) is -1.28. The Balaban J connectivity index is 2.34. The van der Waals surface area contributed by atoms with Crippen molar-refractivity contribution in [2.45, 2.75) is 129 Å². The molecule has 0 saturated carbocycles. The Bertz CT molecular complexity index is 859. The average Bonchev–Trinajstić information content (AvgIpc) is 3.10. The number of nitrogens with one attached hydrogen (secondary N) is 2. The van der Waals surface area contributed by atoms with Crippen LogP contribution in [0.4, 0.5) is 4.79 Å². The molecule has 0 unspecified atom stereocenters. The van der Waals surface area contributed by atoms with Crippen molar-refractivity contribution in [3.63, 3.8) is 0 Å². The van der Waals surface area contributed by atoms with Crippen LogP contribution < -0.4 is 10.6 Å². The number of hydroxylamine groups is 2. The number of carbonyl (C=O) groups is 6. The molecule has 222 valence electrons. The molecule has 0 spiro atoms. The summed E-state index contributed by atoms with van der Waals surface area (Å²) in [5, 5.41) is 5.96. The van der Waals surface area contributed by atoms with Crippen molar-refractivity contribution >= 4 is 35.8 Å². The topological polar surface area (TPSA) is 157 Å². The molecule has 2 N–H and O–H groups in total. The van der Waals surface area contributed by atoms with Crippen molar-refractivity contribution < 1.29 is 43.1 Å². The van der Waals surface area contributed by atoms with Gasteiger partial charge in [0.25, 0.3) is 11.8 Å². The van der Waals surface area contributed by atoms with Crippen LogP contribution in [0.2, 0.25) is 0 Å². The summed E-state index contributed by atoms with van der Waals surface area (Å²) in [6, 6.07) is -0.802. The van der Waals surface area contributed by atoms with E-state index in [1.165, 1.54) is 0 Å². The highest BCUT2D eigenvalue weighted by molar-refractivity contribution is 6.01. The predicted molar refractivity (Wildman–Crippen MR) is 141 cm³/mol. The fourth-order valence-electron chi connectivity index (χ4n) is 3.58. The summed E-state index contributed by atoms with van der Waals surface area (Å²) >= 11 is 0. The Labute approximate surface area is 230 Å². The number of rotatable bonds is 15. The first-order chi connectivity index (χ1) is 18.1. The molecule has 1 fully saturated rings. The number of ether oxygens (including phenoxy) is 2. The van der Waals surface area contributed by atoms with Gasteiger partial charge in [-0.2, -0.15) is 0 Å². The standard InChI is InChI=1S/C27H45N3O9/c1-26(2,3)37-24(35)19(13-11-12-18-28-25(36)38-27(4,5)6)29-20(31)14-9-7-8-10-15-23(34)39-30-21(32)16-17-22(30)33/h19H,7-18H2,1-6H3,(H,28,36)(H,29,31)/t19-/m0/s1. The number of esters is 1. The summed E-state index contributed by atoms with van der Waals surface area (Å²) < 4.78 is 10.6. The Kier molecular flexibility index (Phi) is 13.9. The lowest BCUT2D eigenvalue weighted by molar-refractivity contribution is -0.197. The van der Waals surface area contributed by atoms with Crippen molar-refractivity contribution in [3.8, 4) is 0 Å². The molecule has 0 aliphatic carbocycles. The average molecular weight is 556 g/mol. The van der Waals surface area contributed by atoms with Gasteiger partial charge in [0.1, 0.15) is 17.2 Å². The van der Waals surface area contributed by atoms with Crippen LogP contribution in [0.1, 0.15) is 112 Å². The first kappa shape index (κ1) is 33.8. The molecule has 1 rings (SSSR count). The van der Waals surface area contributed by atoms with Crippen LogP contribution in [-0.4, -0.2) is 64.6 Å². The lowest BCUT2D eigenvalue weighted by atomic mass is 10.1. The highest BCUT2D eigenvalue weighted by atomic mass is 16.7. The lowest BCUT2D eigenvalue weighted by Crippen LogP contribution is -2.44. The van der Waals surface area contributed by atoms with Crippen molar-refractivity contribution in [3.05, 3.63) is 0 Å². The van der Waals surface area contributed by atoms with E-state index in [2.05, 4.69) is 10.6 Å². The molecule has 0 bridgehead atoms. The number of hydrogen-bond acceptors (Lipinski definition) is 9. The molecular formula is C27H45N3O9. The zero-order valence-electron chi connectivity index (χ0n) is 24.2. The Hall–Kier alpha value is -3.18. The minimum absolute atomic E-state index is 0.0499. The van der Waals surface area contributed by atoms with Gasteiger partial charge in [-0.15, -0.1) is 5.06 Å². The highest BCUT2D eigenvalue weighted by Gasteiger charge is 2.32. The number of amides is 4. The van der Waals surface area contributed by atoms with E-state index in [0.29, 0.717) is 56.6 Å². The van der Waals surface area contributed by atoms with E-state index in [1.54, 1.807) is 41.5 Å². The smallest absolute Gasteiger partial charge is 0.407 e. The number of carbonyl (C=O) groups excluding carboxylic acids is 6. The Morgan fingerprint density at radius 1 is 0.795 bits per heavy atom.